The molecule has 2 aliphatic rings. The number of nitrogens with one attached hydrogen (secondary N) is 2. The van der Waals surface area contributed by atoms with Crippen LogP contribution in [0.25, 0.3) is 0 Å². The summed E-state index contributed by atoms with van der Waals surface area (Å²) in [4.78, 5) is 20.7. The van der Waals surface area contributed by atoms with Crippen LogP contribution in [0.5, 0.6) is 5.75 Å². The van der Waals surface area contributed by atoms with Gasteiger partial charge in [-0.3, -0.25) is 9.59 Å². The molecule has 1 aliphatic carbocycles. The molecule has 0 saturated heterocycles. The summed E-state index contributed by atoms with van der Waals surface area (Å²) in [6.07, 6.45) is 4.34. The van der Waals surface area contributed by atoms with E-state index >= 15 is 0 Å². The summed E-state index contributed by atoms with van der Waals surface area (Å²) in [5.74, 6) is -0.874. The largest absolute Gasteiger partial charge is 0.506 e. The first-order chi connectivity index (χ1) is 15.7. The Kier molecular flexibility index (Phi) is 8.10. The Labute approximate surface area is 194 Å². The number of aliphatic hydroxyl groups is 1. The predicted molar refractivity (Wildman–Crippen MR) is 128 cm³/mol. The van der Waals surface area contributed by atoms with E-state index in [9.17, 15) is 15.0 Å². The van der Waals surface area contributed by atoms with E-state index in [4.69, 9.17) is 9.90 Å². The van der Waals surface area contributed by atoms with Crippen LogP contribution in [0, 0.1) is 0 Å². The third-order valence-corrected chi connectivity index (χ3v) is 6.37. The molecule has 0 fully saturated rings. The second kappa shape index (κ2) is 10.8. The van der Waals surface area contributed by atoms with Crippen LogP contribution in [0.15, 0.2) is 24.3 Å². The Morgan fingerprint density at radius 3 is 2.24 bits per heavy atom. The molecule has 0 saturated carbocycles. The lowest BCUT2D eigenvalue weighted by atomic mass is 9.93. The fourth-order valence-electron chi connectivity index (χ4n) is 4.78. The number of carboxylic acid groups (broad SMARTS) is 1. The fourth-order valence-corrected chi connectivity index (χ4v) is 4.78. The molecule has 1 atom stereocenters. The van der Waals surface area contributed by atoms with Crippen LogP contribution in [0.1, 0.15) is 66.7 Å². The lowest BCUT2D eigenvalue weighted by Gasteiger charge is -2.24. The second-order valence-electron chi connectivity index (χ2n) is 8.72. The van der Waals surface area contributed by atoms with Gasteiger partial charge in [-0.25, -0.2) is 0 Å². The first-order valence-corrected chi connectivity index (χ1v) is 11.6. The molecule has 4 rings (SSSR count). The molecular formula is C26H34N2O5. The molecule has 1 heterocycles. The second-order valence-corrected chi connectivity index (χ2v) is 8.72. The highest BCUT2D eigenvalue weighted by atomic mass is 16.4. The van der Waals surface area contributed by atoms with Crippen molar-refractivity contribution in [2.75, 3.05) is 11.9 Å². The first-order valence-electron chi connectivity index (χ1n) is 11.6. The molecule has 0 aromatic heterocycles. The third-order valence-electron chi connectivity index (χ3n) is 6.37. The molecule has 33 heavy (non-hydrogen) atoms. The van der Waals surface area contributed by atoms with E-state index in [0.717, 1.165) is 43.7 Å². The Bertz CT molecular complexity index is 997. The molecule has 7 heteroatoms. The molecule has 2 aromatic rings. The van der Waals surface area contributed by atoms with Crippen LogP contribution in [0.3, 0.4) is 0 Å². The van der Waals surface area contributed by atoms with Gasteiger partial charge in [0, 0.05) is 25.9 Å². The molecule has 0 spiro atoms. The number of phenolic OH excluding ortho intramolecular Hbond substituents is 1. The van der Waals surface area contributed by atoms with Crippen molar-refractivity contribution < 1.29 is 24.9 Å². The number of carbonyl (C=O) groups is 2. The fraction of sp³-hybridized carbons (Fsp3) is 0.462. The van der Waals surface area contributed by atoms with E-state index in [0.29, 0.717) is 31.1 Å². The van der Waals surface area contributed by atoms with Crippen LogP contribution < -0.4 is 10.6 Å². The summed E-state index contributed by atoms with van der Waals surface area (Å²) in [5, 5.41) is 34.6. The quantitative estimate of drug-likeness (QED) is 0.428. The molecule has 5 N–H and O–H groups in total. The van der Waals surface area contributed by atoms with Gasteiger partial charge in [-0.1, -0.05) is 32.0 Å². The summed E-state index contributed by atoms with van der Waals surface area (Å²) in [5.41, 5.74) is 7.82. The van der Waals surface area contributed by atoms with E-state index in [1.165, 1.54) is 22.3 Å². The van der Waals surface area contributed by atoms with Gasteiger partial charge in [0.25, 0.3) is 5.97 Å². The molecule has 7 nitrogen and oxygen atoms in total. The number of carboxylic acids is 1. The van der Waals surface area contributed by atoms with Gasteiger partial charge < -0.3 is 26.0 Å². The number of aliphatic carboxylic acids is 1. The van der Waals surface area contributed by atoms with Crippen molar-refractivity contribution in [3.63, 3.8) is 0 Å². The summed E-state index contributed by atoms with van der Waals surface area (Å²) >= 11 is 0. The van der Waals surface area contributed by atoms with E-state index in [2.05, 4.69) is 36.6 Å². The molecule has 178 valence electrons. The monoisotopic (exact) mass is 454 g/mol. The van der Waals surface area contributed by atoms with E-state index in [1.54, 1.807) is 12.1 Å². The minimum Gasteiger partial charge on any atom is -0.506 e. The van der Waals surface area contributed by atoms with Crippen LogP contribution in [0.2, 0.25) is 0 Å². The Balaban J connectivity index is 0.000000709. The molecule has 0 radical (unpaired) electrons. The number of benzene rings is 2. The smallest absolute Gasteiger partial charge is 0.300 e. The molecule has 2 aromatic carbocycles. The van der Waals surface area contributed by atoms with E-state index in [1.807, 2.05) is 0 Å². The zero-order valence-corrected chi connectivity index (χ0v) is 19.6. The van der Waals surface area contributed by atoms with Crippen LogP contribution >= 0.6 is 0 Å². The first kappa shape index (κ1) is 24.7. The third kappa shape index (κ3) is 5.92. The van der Waals surface area contributed by atoms with Crippen molar-refractivity contribution in [2.45, 2.75) is 71.4 Å². The Morgan fingerprint density at radius 1 is 1.12 bits per heavy atom. The van der Waals surface area contributed by atoms with Crippen molar-refractivity contribution in [3.05, 3.63) is 57.6 Å². The van der Waals surface area contributed by atoms with Gasteiger partial charge in [0.1, 0.15) is 5.75 Å². The lowest BCUT2D eigenvalue weighted by Crippen LogP contribution is -2.33. The number of carbonyl (C=O) groups excluding carboxylic acids is 1. The number of phenols is 1. The molecule has 0 bridgehead atoms. The number of aliphatic hydroxyl groups excluding tert-OH is 1. The normalized spacial score (nSPS) is 15.7. The highest BCUT2D eigenvalue weighted by Gasteiger charge is 2.26. The van der Waals surface area contributed by atoms with Crippen molar-refractivity contribution in [1.82, 2.24) is 5.32 Å². The number of hydrogen-bond donors (Lipinski definition) is 5. The maximum absolute atomic E-state index is 11.7. The predicted octanol–water partition coefficient (Wildman–Crippen LogP) is 3.28. The zero-order valence-electron chi connectivity index (χ0n) is 19.6. The Hall–Kier alpha value is -2.90. The zero-order chi connectivity index (χ0) is 24.1. The summed E-state index contributed by atoms with van der Waals surface area (Å²) in [6.45, 7) is 5.95. The van der Waals surface area contributed by atoms with Gasteiger partial charge in [-0.15, -0.1) is 0 Å². The number of anilines is 1. The number of rotatable bonds is 6. The van der Waals surface area contributed by atoms with Crippen molar-refractivity contribution in [1.29, 1.82) is 0 Å². The van der Waals surface area contributed by atoms with Gasteiger partial charge in [0.2, 0.25) is 5.91 Å². The number of aryl methyl sites for hydroxylation is 2. The van der Waals surface area contributed by atoms with Crippen LogP contribution in [-0.4, -0.2) is 39.8 Å². The molecule has 1 aliphatic heterocycles. The van der Waals surface area contributed by atoms with Gasteiger partial charge in [0.15, 0.2) is 0 Å². The number of hydrogen-bond acceptors (Lipinski definition) is 5. The van der Waals surface area contributed by atoms with E-state index < -0.39 is 12.1 Å². The van der Waals surface area contributed by atoms with Gasteiger partial charge in [-0.05, 0) is 71.6 Å². The highest BCUT2D eigenvalue weighted by Crippen LogP contribution is 2.36. The van der Waals surface area contributed by atoms with Crippen molar-refractivity contribution >= 4 is 17.6 Å². The SMILES string of the molecule is CC(=O)O.CCc1cc2c(cc1CC)CC(NCC(O)c1ccc(O)c3c1CCC(=O)N3)C2. The minimum atomic E-state index is -0.833. The summed E-state index contributed by atoms with van der Waals surface area (Å²) in [6, 6.07) is 8.37. The molecule has 1 amide bonds. The number of fused-ring (bicyclic) bond motifs is 2. The standard InChI is InChI=1S/C24H30N2O3.C2H4O2/c1-3-14-9-16-11-18(12-17(16)10-15(14)4-2)25-13-22(28)19-5-7-21(27)24-20(19)6-8-23(29)26-24;1-2(3)4/h5,7,9-10,18,22,25,27-28H,3-4,6,8,11-13H2,1-2H3,(H,26,29);1H3,(H,3,4). The van der Waals surface area contributed by atoms with Gasteiger partial charge in [0.05, 0.1) is 11.8 Å². The average molecular weight is 455 g/mol. The highest BCUT2D eigenvalue weighted by molar-refractivity contribution is 5.96. The number of aromatic hydroxyl groups is 1. The Morgan fingerprint density at radius 2 is 1.70 bits per heavy atom. The van der Waals surface area contributed by atoms with Gasteiger partial charge in [-0.2, -0.15) is 0 Å². The van der Waals surface area contributed by atoms with Crippen LogP contribution in [0.4, 0.5) is 5.69 Å². The number of amides is 1. The summed E-state index contributed by atoms with van der Waals surface area (Å²) < 4.78 is 0. The maximum Gasteiger partial charge on any atom is 0.300 e. The topological polar surface area (TPSA) is 119 Å². The van der Waals surface area contributed by atoms with Crippen LogP contribution in [-0.2, 0) is 41.7 Å². The van der Waals surface area contributed by atoms with Crippen molar-refractivity contribution in [3.8, 4) is 5.75 Å². The molecule has 1 unspecified atom stereocenters. The maximum atomic E-state index is 11.7. The average Bonchev–Trinajstić information content (AvgIpc) is 3.18. The van der Waals surface area contributed by atoms with Crippen molar-refractivity contribution in [2.24, 2.45) is 0 Å². The minimum absolute atomic E-state index is 0.0571. The van der Waals surface area contributed by atoms with E-state index in [-0.39, 0.29) is 11.7 Å². The van der Waals surface area contributed by atoms with Gasteiger partial charge >= 0.3 is 0 Å². The summed E-state index contributed by atoms with van der Waals surface area (Å²) in [7, 11) is 0. The molecular weight excluding hydrogens is 420 g/mol. The lowest BCUT2D eigenvalue weighted by molar-refractivity contribution is -0.134.